The van der Waals surface area contributed by atoms with Gasteiger partial charge in [0.1, 0.15) is 0 Å². The molecule has 4 N–H and O–H groups in total. The molecule has 8 nitrogen and oxygen atoms in total. The van der Waals surface area contributed by atoms with Gasteiger partial charge in [0.15, 0.2) is 0 Å². The maximum absolute atomic E-state index is 12.6. The highest BCUT2D eigenvalue weighted by Crippen LogP contribution is 2.24. The normalized spacial score (nSPS) is 11.0. The second kappa shape index (κ2) is 27.0. The van der Waals surface area contributed by atoms with Gasteiger partial charge >= 0.3 is 11.9 Å². The van der Waals surface area contributed by atoms with Crippen molar-refractivity contribution >= 4 is 35.1 Å². The van der Waals surface area contributed by atoms with E-state index in [1.807, 2.05) is 0 Å². The lowest BCUT2D eigenvalue weighted by molar-refractivity contribution is -0.117. The Morgan fingerprint density at radius 3 is 1.04 bits per heavy atom. The molecule has 2 amide bonds. The van der Waals surface area contributed by atoms with Crippen molar-refractivity contribution in [3.05, 3.63) is 58.7 Å². The molecule has 0 aliphatic carbocycles. The predicted molar refractivity (Wildman–Crippen MR) is 209 cm³/mol. The summed E-state index contributed by atoms with van der Waals surface area (Å²) in [6.45, 7) is 4.46. The van der Waals surface area contributed by atoms with E-state index < -0.39 is 11.9 Å². The number of rotatable bonds is 30. The Hall–Kier alpha value is -3.68. The van der Waals surface area contributed by atoms with Crippen molar-refractivity contribution in [2.45, 2.75) is 174 Å². The highest BCUT2D eigenvalue weighted by Gasteiger charge is 2.16. The van der Waals surface area contributed by atoms with Gasteiger partial charge < -0.3 is 20.8 Å². The number of aromatic carboxylic acids is 2. The lowest BCUT2D eigenvalue weighted by Gasteiger charge is -2.13. The van der Waals surface area contributed by atoms with Crippen molar-refractivity contribution in [1.82, 2.24) is 0 Å². The molecule has 0 saturated heterocycles. The molecule has 0 heterocycles. The van der Waals surface area contributed by atoms with Gasteiger partial charge in [0.2, 0.25) is 11.8 Å². The van der Waals surface area contributed by atoms with E-state index in [-0.39, 0.29) is 34.3 Å². The molecule has 0 aliphatic heterocycles. The van der Waals surface area contributed by atoms with Crippen LogP contribution in [0.3, 0.4) is 0 Å². The minimum absolute atomic E-state index is 0.00969. The molecule has 0 saturated carbocycles. The average Bonchev–Trinajstić information content (AvgIpc) is 3.10. The lowest BCUT2D eigenvalue weighted by atomic mass is 9.99. The monoisotopic (exact) mass is 706 g/mol. The third kappa shape index (κ3) is 19.5. The number of amides is 2. The molecule has 284 valence electrons. The van der Waals surface area contributed by atoms with E-state index in [4.69, 9.17) is 0 Å². The molecule has 0 aliphatic rings. The molecule has 8 heteroatoms. The van der Waals surface area contributed by atoms with Gasteiger partial charge in [0.05, 0.1) is 22.5 Å². The van der Waals surface area contributed by atoms with Gasteiger partial charge in [-0.2, -0.15) is 0 Å². The molecular formula is C43H66N2O6. The average molecular weight is 707 g/mol. The van der Waals surface area contributed by atoms with E-state index in [9.17, 15) is 29.4 Å². The SMILES string of the molecule is CCCCCCCCCCCCCC(=O)Nc1ccc(Cc2ccc(NC(=O)CCCCCCCCCCCCC)c(C(=O)O)c2)cc1C(=O)O. The highest BCUT2D eigenvalue weighted by atomic mass is 16.4. The summed E-state index contributed by atoms with van der Waals surface area (Å²) < 4.78 is 0. The van der Waals surface area contributed by atoms with Crippen LogP contribution in [-0.2, 0) is 16.0 Å². The predicted octanol–water partition coefficient (Wildman–Crippen LogP) is 12.0. The molecule has 0 atom stereocenters. The first-order chi connectivity index (χ1) is 24.7. The summed E-state index contributed by atoms with van der Waals surface area (Å²) >= 11 is 0. The molecule has 0 aromatic heterocycles. The third-order valence-electron chi connectivity index (χ3n) is 9.60. The van der Waals surface area contributed by atoms with Crippen LogP contribution < -0.4 is 10.6 Å². The van der Waals surface area contributed by atoms with E-state index in [1.165, 1.54) is 115 Å². The molecule has 0 bridgehead atoms. The van der Waals surface area contributed by atoms with Gasteiger partial charge in [0.25, 0.3) is 0 Å². The Balaban J connectivity index is 1.80. The van der Waals surface area contributed by atoms with E-state index in [1.54, 1.807) is 24.3 Å². The maximum atomic E-state index is 12.6. The molecule has 0 spiro atoms. The van der Waals surface area contributed by atoms with Gasteiger partial charge in [-0.25, -0.2) is 9.59 Å². The Morgan fingerprint density at radius 1 is 0.451 bits per heavy atom. The number of nitrogens with one attached hydrogen (secondary N) is 2. The molecule has 51 heavy (non-hydrogen) atoms. The number of anilines is 2. The van der Waals surface area contributed by atoms with Crippen molar-refractivity contribution in [3.63, 3.8) is 0 Å². The number of carboxylic acid groups (broad SMARTS) is 2. The first-order valence-corrected chi connectivity index (χ1v) is 20.1. The number of carbonyl (C=O) groups is 4. The molecule has 0 fully saturated rings. The minimum Gasteiger partial charge on any atom is -0.478 e. The first-order valence-electron chi connectivity index (χ1n) is 20.1. The third-order valence-corrected chi connectivity index (χ3v) is 9.60. The first kappa shape index (κ1) is 43.5. The molecule has 2 aromatic rings. The van der Waals surface area contributed by atoms with Crippen molar-refractivity contribution in [3.8, 4) is 0 Å². The van der Waals surface area contributed by atoms with Gasteiger partial charge in [-0.1, -0.05) is 154 Å². The van der Waals surface area contributed by atoms with Crippen LogP contribution in [0.25, 0.3) is 0 Å². The van der Waals surface area contributed by atoms with Gasteiger partial charge in [-0.3, -0.25) is 9.59 Å². The maximum Gasteiger partial charge on any atom is 0.337 e. The second-order valence-corrected chi connectivity index (χ2v) is 14.2. The van der Waals surface area contributed by atoms with E-state index in [0.29, 0.717) is 30.4 Å². The Labute approximate surface area is 307 Å². The minimum atomic E-state index is -1.15. The molecule has 2 aromatic carbocycles. The zero-order chi connectivity index (χ0) is 37.1. The molecular weight excluding hydrogens is 640 g/mol. The Morgan fingerprint density at radius 2 is 0.745 bits per heavy atom. The Bertz CT molecular complexity index is 1220. The number of carboxylic acids is 2. The van der Waals surface area contributed by atoms with Crippen molar-refractivity contribution in [1.29, 1.82) is 0 Å². The number of unbranched alkanes of at least 4 members (excludes halogenated alkanes) is 20. The standard InChI is InChI=1S/C43H66N2O6/c1-3-5-7-9-11-13-15-17-19-21-23-25-40(46)44-38-29-27-34(32-36(38)42(48)49)31-35-28-30-39(37(33-35)43(50)51)45-41(47)26-24-22-20-18-16-14-12-10-8-6-4-2/h27-30,32-33H,3-26,31H2,1-2H3,(H,44,46)(H,45,47)(H,48,49)(H,50,51). The van der Waals surface area contributed by atoms with Crippen LogP contribution in [0, 0.1) is 0 Å². The fourth-order valence-corrected chi connectivity index (χ4v) is 6.54. The highest BCUT2D eigenvalue weighted by molar-refractivity contribution is 6.01. The van der Waals surface area contributed by atoms with E-state index in [0.717, 1.165) is 38.5 Å². The molecule has 2 rings (SSSR count). The number of carbonyl (C=O) groups excluding carboxylic acids is 2. The van der Waals surface area contributed by atoms with Crippen molar-refractivity contribution < 1.29 is 29.4 Å². The van der Waals surface area contributed by atoms with Crippen molar-refractivity contribution in [2.75, 3.05) is 10.6 Å². The van der Waals surface area contributed by atoms with Crippen LogP contribution in [0.4, 0.5) is 11.4 Å². The van der Waals surface area contributed by atoms with Crippen LogP contribution in [0.15, 0.2) is 36.4 Å². The van der Waals surface area contributed by atoms with Crippen molar-refractivity contribution in [2.24, 2.45) is 0 Å². The summed E-state index contributed by atoms with van der Waals surface area (Å²) in [5, 5.41) is 25.3. The fraction of sp³-hybridized carbons (Fsp3) is 0.628. The van der Waals surface area contributed by atoms with E-state index >= 15 is 0 Å². The summed E-state index contributed by atoms with van der Waals surface area (Å²) in [4.78, 5) is 49.4. The molecule has 0 unspecified atom stereocenters. The Kier molecular flexibility index (Phi) is 23.1. The van der Waals surface area contributed by atoms with Gasteiger partial charge in [-0.15, -0.1) is 0 Å². The largest absolute Gasteiger partial charge is 0.478 e. The summed E-state index contributed by atoms with van der Waals surface area (Å²) in [7, 11) is 0. The van der Waals surface area contributed by atoms with Crippen LogP contribution in [-0.4, -0.2) is 34.0 Å². The van der Waals surface area contributed by atoms with E-state index in [2.05, 4.69) is 24.5 Å². The fourth-order valence-electron chi connectivity index (χ4n) is 6.54. The summed E-state index contributed by atoms with van der Waals surface area (Å²) in [5.41, 5.74) is 1.82. The quantitative estimate of drug-likeness (QED) is 0.0598. The van der Waals surface area contributed by atoms with Crippen LogP contribution in [0.2, 0.25) is 0 Å². The summed E-state index contributed by atoms with van der Waals surface area (Å²) in [6, 6.07) is 9.72. The lowest BCUT2D eigenvalue weighted by Crippen LogP contribution is -2.15. The zero-order valence-corrected chi connectivity index (χ0v) is 31.7. The van der Waals surface area contributed by atoms with Gasteiger partial charge in [-0.05, 0) is 54.7 Å². The number of hydrogen-bond donors (Lipinski definition) is 4. The summed E-state index contributed by atoms with van der Waals surface area (Å²) in [5.74, 6) is -2.70. The number of hydrogen-bond acceptors (Lipinski definition) is 4. The topological polar surface area (TPSA) is 133 Å². The van der Waals surface area contributed by atoms with Crippen LogP contribution in [0.5, 0.6) is 0 Å². The van der Waals surface area contributed by atoms with Gasteiger partial charge in [0, 0.05) is 12.8 Å². The second-order valence-electron chi connectivity index (χ2n) is 14.2. The zero-order valence-electron chi connectivity index (χ0n) is 31.7. The van der Waals surface area contributed by atoms with Crippen LogP contribution in [0.1, 0.15) is 200 Å². The number of benzene rings is 2. The molecule has 0 radical (unpaired) electrons. The smallest absolute Gasteiger partial charge is 0.337 e. The summed E-state index contributed by atoms with van der Waals surface area (Å²) in [6.07, 6.45) is 27.2. The van der Waals surface area contributed by atoms with Crippen LogP contribution >= 0.6 is 0 Å².